The van der Waals surface area contributed by atoms with Gasteiger partial charge in [0, 0.05) is 36.5 Å². The van der Waals surface area contributed by atoms with Crippen molar-refractivity contribution in [3.05, 3.63) is 23.4 Å². The predicted molar refractivity (Wildman–Crippen MR) is 138 cm³/mol. The van der Waals surface area contributed by atoms with Crippen LogP contribution in [0.15, 0.2) is 12.1 Å². The van der Waals surface area contributed by atoms with Gasteiger partial charge in [-0.3, -0.25) is 9.59 Å². The molecule has 0 bridgehead atoms. The Morgan fingerprint density at radius 3 is 2.64 bits per heavy atom. The minimum absolute atomic E-state index is 0.0491. The van der Waals surface area contributed by atoms with Gasteiger partial charge in [-0.1, -0.05) is 26.2 Å². The van der Waals surface area contributed by atoms with Crippen molar-refractivity contribution in [2.45, 2.75) is 96.4 Å². The second kappa shape index (κ2) is 13.8. The summed E-state index contributed by atoms with van der Waals surface area (Å²) in [7, 11) is 0. The van der Waals surface area contributed by atoms with Crippen LogP contribution in [0, 0.1) is 11.3 Å². The van der Waals surface area contributed by atoms with E-state index >= 15 is 0 Å². The van der Waals surface area contributed by atoms with Crippen LogP contribution >= 0.6 is 0 Å². The van der Waals surface area contributed by atoms with Crippen LogP contribution in [-0.4, -0.2) is 34.8 Å². The molecule has 0 spiro atoms. The number of aliphatic carboxylic acids is 1. The highest BCUT2D eigenvalue weighted by molar-refractivity contribution is 5.97. The summed E-state index contributed by atoms with van der Waals surface area (Å²) in [5, 5.41) is 18.6. The van der Waals surface area contributed by atoms with Gasteiger partial charge in [-0.05, 0) is 56.6 Å². The Kier molecular flexibility index (Phi) is 10.5. The average Bonchev–Trinajstić information content (AvgIpc) is 3.18. The zero-order valence-corrected chi connectivity index (χ0v) is 21.4. The van der Waals surface area contributed by atoms with Crippen LogP contribution in [0.2, 0.25) is 0 Å². The first-order valence-electron chi connectivity index (χ1n) is 13.3. The molecule has 36 heavy (non-hydrogen) atoms. The van der Waals surface area contributed by atoms with Crippen molar-refractivity contribution < 1.29 is 24.2 Å². The van der Waals surface area contributed by atoms with Gasteiger partial charge in [0.25, 0.3) is 0 Å². The molecule has 3 N–H and O–H groups in total. The number of benzene rings is 1. The number of hydrogen-bond acceptors (Lipinski definition) is 5. The monoisotopic (exact) mass is 497 g/mol. The summed E-state index contributed by atoms with van der Waals surface area (Å²) >= 11 is 0. The number of carbonyl (C=O) groups excluding carboxylic acids is 1. The third-order valence-electron chi connectivity index (χ3n) is 6.78. The molecule has 2 aromatic rings. The predicted octanol–water partition coefficient (Wildman–Crippen LogP) is 5.44. The number of carboxylic acids is 1. The molecule has 0 aliphatic heterocycles. The summed E-state index contributed by atoms with van der Waals surface area (Å²) in [5.41, 5.74) is 9.00. The number of primary amides is 1. The number of nitrogens with two attached hydrogens (primary N) is 1. The first kappa shape index (κ1) is 27.4. The number of carboxylic acid groups (broad SMARTS) is 1. The summed E-state index contributed by atoms with van der Waals surface area (Å²) < 4.78 is 14.5. The van der Waals surface area contributed by atoms with Crippen molar-refractivity contribution in [3.8, 4) is 17.6 Å². The van der Waals surface area contributed by atoms with Crippen LogP contribution in [0.25, 0.3) is 10.9 Å². The van der Waals surface area contributed by atoms with E-state index in [1.54, 1.807) is 0 Å². The number of aromatic nitrogens is 1. The Labute approximate surface area is 213 Å². The number of ether oxygens (including phenoxy) is 2. The lowest BCUT2D eigenvalue weighted by Gasteiger charge is -2.22. The van der Waals surface area contributed by atoms with Crippen molar-refractivity contribution in [1.29, 1.82) is 5.26 Å². The molecule has 196 valence electrons. The number of nitrogens with zero attached hydrogens (tertiary/aromatic N) is 2. The molecule has 0 saturated carbocycles. The molecule has 0 saturated heterocycles. The first-order valence-corrected chi connectivity index (χ1v) is 13.3. The van der Waals surface area contributed by atoms with Crippen molar-refractivity contribution in [2.24, 2.45) is 5.73 Å². The van der Waals surface area contributed by atoms with E-state index in [4.69, 9.17) is 25.6 Å². The van der Waals surface area contributed by atoms with Gasteiger partial charge in [0.05, 0.1) is 30.7 Å². The number of amides is 1. The first-order chi connectivity index (χ1) is 17.5. The van der Waals surface area contributed by atoms with E-state index in [1.807, 2.05) is 12.1 Å². The van der Waals surface area contributed by atoms with Gasteiger partial charge < -0.3 is 24.9 Å². The number of aryl methyl sites for hydroxylation is 1. The normalized spacial score (nSPS) is 14.8. The summed E-state index contributed by atoms with van der Waals surface area (Å²) in [5.74, 6) is -0.151. The molecule has 1 aliphatic carbocycles. The number of hydrogen-bond donors (Lipinski definition) is 2. The van der Waals surface area contributed by atoms with Crippen LogP contribution in [-0.2, 0) is 22.6 Å². The van der Waals surface area contributed by atoms with Gasteiger partial charge in [-0.2, -0.15) is 5.26 Å². The highest BCUT2D eigenvalue weighted by Crippen LogP contribution is 2.44. The lowest BCUT2D eigenvalue weighted by atomic mass is 9.84. The molecule has 1 aromatic carbocycles. The molecule has 1 aromatic heterocycles. The van der Waals surface area contributed by atoms with Gasteiger partial charge in [-0.15, -0.1) is 0 Å². The largest absolute Gasteiger partial charge is 0.493 e. The van der Waals surface area contributed by atoms with Gasteiger partial charge in [-0.25, -0.2) is 0 Å². The lowest BCUT2D eigenvalue weighted by molar-refractivity contribution is -0.137. The van der Waals surface area contributed by atoms with E-state index in [0.717, 1.165) is 92.2 Å². The standard InChI is InChI=1S/C28H39N3O5/c1-2-16-36-24-19-20(35-17-10-13-25(32)33)18-22-26-21(28(30)34)11-9-12-23(26)31(27(22)24)15-8-6-4-3-5-7-14-29/h18-19,21H,2-13,15-17H2,1H3,(H2,30,34)(H,32,33). The maximum atomic E-state index is 12.4. The van der Waals surface area contributed by atoms with E-state index < -0.39 is 5.97 Å². The fourth-order valence-corrected chi connectivity index (χ4v) is 5.13. The SMILES string of the molecule is CCCOc1cc(OCCCC(=O)O)cc2c3c(n(CCCCCCCC#N)c12)CCCC3C(N)=O. The Morgan fingerprint density at radius 1 is 1.14 bits per heavy atom. The minimum Gasteiger partial charge on any atom is -0.493 e. The third kappa shape index (κ3) is 6.93. The van der Waals surface area contributed by atoms with Crippen molar-refractivity contribution in [2.75, 3.05) is 13.2 Å². The van der Waals surface area contributed by atoms with E-state index in [1.165, 1.54) is 0 Å². The molecular formula is C28H39N3O5. The van der Waals surface area contributed by atoms with Crippen molar-refractivity contribution in [1.82, 2.24) is 4.57 Å². The Balaban J connectivity index is 1.96. The van der Waals surface area contributed by atoms with E-state index in [-0.39, 0.29) is 18.2 Å². The molecule has 1 aliphatic rings. The summed E-state index contributed by atoms with van der Waals surface area (Å²) in [6.07, 6.45) is 9.66. The molecule has 1 amide bonds. The maximum absolute atomic E-state index is 12.4. The van der Waals surface area contributed by atoms with E-state index in [0.29, 0.717) is 31.8 Å². The maximum Gasteiger partial charge on any atom is 0.303 e. The van der Waals surface area contributed by atoms with E-state index in [2.05, 4.69) is 17.6 Å². The highest BCUT2D eigenvalue weighted by atomic mass is 16.5. The summed E-state index contributed by atoms with van der Waals surface area (Å²) in [6, 6.07) is 6.06. The van der Waals surface area contributed by atoms with Gasteiger partial charge in [0.2, 0.25) is 5.91 Å². The fourth-order valence-electron chi connectivity index (χ4n) is 5.13. The molecule has 1 atom stereocenters. The highest BCUT2D eigenvalue weighted by Gasteiger charge is 2.32. The Bertz CT molecular complexity index is 1090. The second-order valence-electron chi connectivity index (χ2n) is 9.55. The average molecular weight is 498 g/mol. The summed E-state index contributed by atoms with van der Waals surface area (Å²) in [4.78, 5) is 23.3. The van der Waals surface area contributed by atoms with Gasteiger partial charge in [0.15, 0.2) is 0 Å². The molecule has 1 heterocycles. The van der Waals surface area contributed by atoms with Crippen molar-refractivity contribution >= 4 is 22.8 Å². The summed E-state index contributed by atoms with van der Waals surface area (Å²) in [6.45, 7) is 3.74. The number of carbonyl (C=O) groups is 2. The smallest absolute Gasteiger partial charge is 0.303 e. The minimum atomic E-state index is -0.846. The van der Waals surface area contributed by atoms with Crippen LogP contribution in [0.1, 0.15) is 94.7 Å². The Morgan fingerprint density at radius 2 is 1.92 bits per heavy atom. The third-order valence-corrected chi connectivity index (χ3v) is 6.78. The fraction of sp³-hybridized carbons (Fsp3) is 0.607. The van der Waals surface area contributed by atoms with Gasteiger partial charge >= 0.3 is 5.97 Å². The topological polar surface area (TPSA) is 128 Å². The van der Waals surface area contributed by atoms with Crippen LogP contribution in [0.3, 0.4) is 0 Å². The Hall–Kier alpha value is -3.21. The zero-order chi connectivity index (χ0) is 25.9. The number of unbranched alkanes of at least 4 members (excludes halogenated alkanes) is 5. The van der Waals surface area contributed by atoms with Crippen LogP contribution < -0.4 is 15.2 Å². The second-order valence-corrected chi connectivity index (χ2v) is 9.55. The van der Waals surface area contributed by atoms with Crippen LogP contribution in [0.4, 0.5) is 0 Å². The molecular weight excluding hydrogens is 458 g/mol. The molecule has 3 rings (SSSR count). The number of rotatable bonds is 16. The van der Waals surface area contributed by atoms with Crippen molar-refractivity contribution in [3.63, 3.8) is 0 Å². The van der Waals surface area contributed by atoms with E-state index in [9.17, 15) is 9.59 Å². The molecule has 0 fully saturated rings. The molecule has 8 nitrogen and oxygen atoms in total. The van der Waals surface area contributed by atoms with Crippen LogP contribution in [0.5, 0.6) is 11.5 Å². The quantitative estimate of drug-likeness (QED) is 0.297. The molecule has 1 unspecified atom stereocenters. The lowest BCUT2D eigenvalue weighted by Crippen LogP contribution is -2.25. The number of fused-ring (bicyclic) bond motifs is 3. The van der Waals surface area contributed by atoms with Gasteiger partial charge in [0.1, 0.15) is 11.5 Å². The molecule has 8 heteroatoms. The zero-order valence-electron chi connectivity index (χ0n) is 21.4. The number of nitriles is 1. The molecule has 0 radical (unpaired) electrons.